The van der Waals surface area contributed by atoms with Crippen LogP contribution in [0.3, 0.4) is 0 Å². The van der Waals surface area contributed by atoms with Gasteiger partial charge in [0.1, 0.15) is 5.75 Å². The smallest absolute Gasteiger partial charge is 0.119 e. The van der Waals surface area contributed by atoms with E-state index in [9.17, 15) is 5.11 Å². The zero-order chi connectivity index (χ0) is 13.0. The molecule has 0 saturated carbocycles. The average molecular weight is 263 g/mol. The van der Waals surface area contributed by atoms with Crippen LogP contribution in [-0.2, 0) is 12.8 Å². The van der Waals surface area contributed by atoms with E-state index in [1.54, 1.807) is 25.4 Å². The molecule has 0 saturated heterocycles. The van der Waals surface area contributed by atoms with Crippen molar-refractivity contribution in [1.82, 2.24) is 4.98 Å². The molecule has 1 unspecified atom stereocenters. The molecule has 1 heterocycles. The molecular formula is C14H17NO2S. The molecule has 1 aromatic heterocycles. The minimum absolute atomic E-state index is 0.310. The molecule has 0 radical (unpaired) electrons. The number of ether oxygens (including phenoxy) is 1. The number of benzene rings is 1. The maximum Gasteiger partial charge on any atom is 0.119 e. The van der Waals surface area contributed by atoms with Crippen molar-refractivity contribution in [2.24, 2.45) is 0 Å². The van der Waals surface area contributed by atoms with E-state index in [2.05, 4.69) is 11.1 Å². The summed E-state index contributed by atoms with van der Waals surface area (Å²) < 4.78 is 5.20. The zero-order valence-corrected chi connectivity index (χ0v) is 11.4. The summed E-state index contributed by atoms with van der Waals surface area (Å²) in [5, 5.41) is 10.4. The minimum atomic E-state index is -0.310. The van der Waals surface area contributed by atoms with E-state index in [1.165, 1.54) is 5.56 Å². The Morgan fingerprint density at radius 3 is 3.00 bits per heavy atom. The number of aromatic nitrogens is 1. The topological polar surface area (TPSA) is 42.4 Å². The van der Waals surface area contributed by atoms with E-state index < -0.39 is 0 Å². The van der Waals surface area contributed by atoms with Gasteiger partial charge >= 0.3 is 0 Å². The van der Waals surface area contributed by atoms with Crippen LogP contribution < -0.4 is 4.74 Å². The Morgan fingerprint density at radius 2 is 2.28 bits per heavy atom. The highest BCUT2D eigenvalue weighted by Crippen LogP contribution is 2.20. The fourth-order valence-corrected chi connectivity index (χ4v) is 2.85. The van der Waals surface area contributed by atoms with Crippen molar-refractivity contribution in [3.05, 3.63) is 45.9 Å². The fraction of sp³-hybridized carbons (Fsp3) is 0.357. The quantitative estimate of drug-likeness (QED) is 0.901. The molecule has 0 aliphatic heterocycles. The predicted octanol–water partition coefficient (Wildman–Crippen LogP) is 2.67. The Bertz CT molecular complexity index is 508. The molecule has 1 N–H and O–H groups in total. The monoisotopic (exact) mass is 263 g/mol. The van der Waals surface area contributed by atoms with Gasteiger partial charge in [-0.1, -0.05) is 12.1 Å². The normalized spacial score (nSPS) is 12.4. The summed E-state index contributed by atoms with van der Waals surface area (Å²) in [5.41, 5.74) is 1.19. The Morgan fingerprint density at radius 1 is 1.44 bits per heavy atom. The van der Waals surface area contributed by atoms with Crippen LogP contribution in [0.15, 0.2) is 30.5 Å². The van der Waals surface area contributed by atoms with Gasteiger partial charge < -0.3 is 9.84 Å². The van der Waals surface area contributed by atoms with Crippen molar-refractivity contribution in [2.45, 2.75) is 25.9 Å². The van der Waals surface area contributed by atoms with Crippen LogP contribution in [0.2, 0.25) is 0 Å². The highest BCUT2D eigenvalue weighted by atomic mass is 32.1. The number of aliphatic hydroxyl groups excluding tert-OH is 1. The maximum atomic E-state index is 9.34. The van der Waals surface area contributed by atoms with Gasteiger partial charge in [-0.15, -0.1) is 11.3 Å². The van der Waals surface area contributed by atoms with E-state index in [1.807, 2.05) is 24.4 Å². The van der Waals surface area contributed by atoms with Crippen LogP contribution in [0.25, 0.3) is 0 Å². The molecule has 2 aromatic rings. The van der Waals surface area contributed by atoms with Crippen molar-refractivity contribution in [3.8, 4) is 5.75 Å². The van der Waals surface area contributed by atoms with E-state index in [-0.39, 0.29) is 6.10 Å². The van der Waals surface area contributed by atoms with Crippen LogP contribution in [-0.4, -0.2) is 23.3 Å². The number of hydrogen-bond donors (Lipinski definition) is 1. The molecule has 2 rings (SSSR count). The second-order valence-electron chi connectivity index (χ2n) is 4.30. The van der Waals surface area contributed by atoms with Crippen LogP contribution in [0.1, 0.15) is 22.4 Å². The molecule has 0 aliphatic carbocycles. The van der Waals surface area contributed by atoms with Gasteiger partial charge in [0.05, 0.1) is 18.2 Å². The molecule has 0 aliphatic rings. The second-order valence-corrected chi connectivity index (χ2v) is 5.50. The molecule has 0 bridgehead atoms. The number of nitrogens with zero attached hydrogens (tertiary/aromatic N) is 1. The first-order valence-electron chi connectivity index (χ1n) is 5.92. The summed E-state index contributed by atoms with van der Waals surface area (Å²) in [6.07, 6.45) is 3.03. The Labute approximate surface area is 111 Å². The number of thiazole rings is 1. The second kappa shape index (κ2) is 5.98. The summed E-state index contributed by atoms with van der Waals surface area (Å²) >= 11 is 1.66. The van der Waals surface area contributed by atoms with Crippen LogP contribution in [0, 0.1) is 0 Å². The largest absolute Gasteiger partial charge is 0.497 e. The van der Waals surface area contributed by atoms with Gasteiger partial charge in [0.25, 0.3) is 0 Å². The maximum absolute atomic E-state index is 9.34. The molecule has 0 fully saturated rings. The van der Waals surface area contributed by atoms with E-state index in [4.69, 9.17) is 4.74 Å². The SMILES string of the molecule is COc1cccc(Cc2ncc(CC(C)O)s2)c1. The summed E-state index contributed by atoms with van der Waals surface area (Å²) in [5.74, 6) is 0.869. The van der Waals surface area contributed by atoms with Gasteiger partial charge in [-0.05, 0) is 24.6 Å². The number of hydrogen-bond acceptors (Lipinski definition) is 4. The van der Waals surface area contributed by atoms with Gasteiger partial charge in [0.15, 0.2) is 0 Å². The zero-order valence-electron chi connectivity index (χ0n) is 10.6. The summed E-state index contributed by atoms with van der Waals surface area (Å²) in [6.45, 7) is 1.79. The first-order chi connectivity index (χ1) is 8.67. The van der Waals surface area contributed by atoms with Crippen molar-refractivity contribution >= 4 is 11.3 Å². The van der Waals surface area contributed by atoms with Crippen LogP contribution in [0.5, 0.6) is 5.75 Å². The molecule has 0 spiro atoms. The number of rotatable bonds is 5. The summed E-state index contributed by atoms with van der Waals surface area (Å²) in [7, 11) is 1.67. The molecule has 18 heavy (non-hydrogen) atoms. The lowest BCUT2D eigenvalue weighted by atomic mass is 10.1. The number of aliphatic hydroxyl groups is 1. The fourth-order valence-electron chi connectivity index (χ4n) is 1.77. The highest BCUT2D eigenvalue weighted by molar-refractivity contribution is 7.11. The lowest BCUT2D eigenvalue weighted by Crippen LogP contribution is -2.01. The van der Waals surface area contributed by atoms with Crippen molar-refractivity contribution < 1.29 is 9.84 Å². The Balaban J connectivity index is 2.06. The molecule has 3 nitrogen and oxygen atoms in total. The molecule has 96 valence electrons. The van der Waals surface area contributed by atoms with Crippen LogP contribution >= 0.6 is 11.3 Å². The van der Waals surface area contributed by atoms with Crippen LogP contribution in [0.4, 0.5) is 0 Å². The van der Waals surface area contributed by atoms with E-state index in [0.717, 1.165) is 22.1 Å². The van der Waals surface area contributed by atoms with Gasteiger partial charge in [0, 0.05) is 23.9 Å². The first-order valence-corrected chi connectivity index (χ1v) is 6.73. The molecule has 0 amide bonds. The van der Waals surface area contributed by atoms with Gasteiger partial charge in [-0.2, -0.15) is 0 Å². The van der Waals surface area contributed by atoms with Gasteiger partial charge in [-0.25, -0.2) is 4.98 Å². The van der Waals surface area contributed by atoms with Crippen molar-refractivity contribution in [2.75, 3.05) is 7.11 Å². The van der Waals surface area contributed by atoms with E-state index in [0.29, 0.717) is 6.42 Å². The third kappa shape index (κ3) is 3.55. The lowest BCUT2D eigenvalue weighted by Gasteiger charge is -2.02. The molecule has 1 aromatic carbocycles. The third-order valence-corrected chi connectivity index (χ3v) is 3.61. The van der Waals surface area contributed by atoms with Gasteiger partial charge in [-0.3, -0.25) is 0 Å². The van der Waals surface area contributed by atoms with Gasteiger partial charge in [0.2, 0.25) is 0 Å². The van der Waals surface area contributed by atoms with E-state index >= 15 is 0 Å². The lowest BCUT2D eigenvalue weighted by molar-refractivity contribution is 0.196. The highest BCUT2D eigenvalue weighted by Gasteiger charge is 2.06. The first kappa shape index (κ1) is 13.1. The number of methoxy groups -OCH3 is 1. The Kier molecular flexibility index (Phi) is 4.33. The average Bonchev–Trinajstić information content (AvgIpc) is 2.76. The predicted molar refractivity (Wildman–Crippen MR) is 73.3 cm³/mol. The van der Waals surface area contributed by atoms with Crippen molar-refractivity contribution in [1.29, 1.82) is 0 Å². The minimum Gasteiger partial charge on any atom is -0.497 e. The summed E-state index contributed by atoms with van der Waals surface area (Å²) in [6, 6.07) is 8.01. The molecule has 4 heteroatoms. The third-order valence-electron chi connectivity index (χ3n) is 2.59. The molecular weight excluding hydrogens is 246 g/mol. The molecule has 1 atom stereocenters. The standard InChI is InChI=1S/C14H17NO2S/c1-10(16)6-13-9-15-14(18-13)8-11-4-3-5-12(7-11)17-2/h3-5,7,9-10,16H,6,8H2,1-2H3. The van der Waals surface area contributed by atoms with Crippen molar-refractivity contribution in [3.63, 3.8) is 0 Å². The Hall–Kier alpha value is -1.39. The summed E-state index contributed by atoms with van der Waals surface area (Å²) in [4.78, 5) is 5.51.